The van der Waals surface area contributed by atoms with Gasteiger partial charge in [-0.25, -0.2) is 4.99 Å². The van der Waals surface area contributed by atoms with Gasteiger partial charge in [0, 0.05) is 12.6 Å². The van der Waals surface area contributed by atoms with E-state index in [4.69, 9.17) is 4.74 Å². The highest BCUT2D eigenvalue weighted by atomic mass is 16.5. The lowest BCUT2D eigenvalue weighted by Crippen LogP contribution is -2.44. The zero-order valence-corrected chi connectivity index (χ0v) is 14.2. The highest BCUT2D eigenvalue weighted by Crippen LogP contribution is 2.17. The van der Waals surface area contributed by atoms with Gasteiger partial charge in [-0.3, -0.25) is 0 Å². The Kier molecular flexibility index (Phi) is 7.06. The summed E-state index contributed by atoms with van der Waals surface area (Å²) in [6.07, 6.45) is 0. The molecule has 0 radical (unpaired) electrons. The second-order valence-electron chi connectivity index (χ2n) is 5.73. The Labute approximate surface area is 129 Å². The zero-order valence-electron chi connectivity index (χ0n) is 14.2. The summed E-state index contributed by atoms with van der Waals surface area (Å²) in [5.41, 5.74) is 2.34. The molecular formula is C17H29N3O. The van der Waals surface area contributed by atoms with Gasteiger partial charge in [-0.05, 0) is 49.9 Å². The van der Waals surface area contributed by atoms with Crippen molar-refractivity contribution in [2.24, 2.45) is 10.9 Å². The quantitative estimate of drug-likeness (QED) is 0.625. The number of benzene rings is 1. The molecule has 4 heteroatoms. The van der Waals surface area contributed by atoms with Crippen molar-refractivity contribution in [1.82, 2.24) is 10.6 Å². The molecule has 0 fully saturated rings. The third-order valence-electron chi connectivity index (χ3n) is 3.47. The van der Waals surface area contributed by atoms with Crippen LogP contribution in [0.25, 0.3) is 0 Å². The van der Waals surface area contributed by atoms with Crippen LogP contribution >= 0.6 is 0 Å². The fraction of sp³-hybridized carbons (Fsp3) is 0.588. The molecule has 21 heavy (non-hydrogen) atoms. The van der Waals surface area contributed by atoms with E-state index in [0.717, 1.165) is 23.8 Å². The van der Waals surface area contributed by atoms with Crippen LogP contribution in [0.5, 0.6) is 5.75 Å². The van der Waals surface area contributed by atoms with E-state index in [0.29, 0.717) is 18.5 Å². The summed E-state index contributed by atoms with van der Waals surface area (Å²) in [5, 5.41) is 6.73. The van der Waals surface area contributed by atoms with Crippen LogP contribution in [0, 0.1) is 12.8 Å². The standard InChI is InChI=1S/C17H29N3O/c1-7-18-17(20-14(5)12(2)3)19-11-15-8-13(4)9-16(10-15)21-6/h8-10,12,14H,7,11H2,1-6H3,(H2,18,19,20). The predicted molar refractivity (Wildman–Crippen MR) is 90.0 cm³/mol. The highest BCUT2D eigenvalue weighted by molar-refractivity contribution is 5.80. The number of aryl methyl sites for hydroxylation is 1. The van der Waals surface area contributed by atoms with Gasteiger partial charge in [0.15, 0.2) is 5.96 Å². The van der Waals surface area contributed by atoms with Crippen molar-refractivity contribution >= 4 is 5.96 Å². The van der Waals surface area contributed by atoms with Crippen molar-refractivity contribution in [2.75, 3.05) is 13.7 Å². The van der Waals surface area contributed by atoms with E-state index < -0.39 is 0 Å². The van der Waals surface area contributed by atoms with Crippen LogP contribution in [0.1, 0.15) is 38.8 Å². The molecule has 0 amide bonds. The first-order chi connectivity index (χ1) is 9.96. The smallest absolute Gasteiger partial charge is 0.191 e. The van der Waals surface area contributed by atoms with Gasteiger partial charge in [0.25, 0.3) is 0 Å². The highest BCUT2D eigenvalue weighted by Gasteiger charge is 2.08. The molecule has 0 spiro atoms. The molecule has 2 N–H and O–H groups in total. The van der Waals surface area contributed by atoms with Crippen LogP contribution in [0.4, 0.5) is 0 Å². The molecular weight excluding hydrogens is 262 g/mol. The molecule has 1 unspecified atom stereocenters. The maximum absolute atomic E-state index is 5.31. The van der Waals surface area contributed by atoms with Crippen LogP contribution in [0.2, 0.25) is 0 Å². The Bertz CT molecular complexity index is 469. The molecule has 0 saturated heterocycles. The van der Waals surface area contributed by atoms with Crippen LogP contribution in [-0.4, -0.2) is 25.7 Å². The van der Waals surface area contributed by atoms with Crippen molar-refractivity contribution < 1.29 is 4.74 Å². The Morgan fingerprint density at radius 2 is 1.95 bits per heavy atom. The third kappa shape index (κ3) is 6.06. The Morgan fingerprint density at radius 1 is 1.24 bits per heavy atom. The van der Waals surface area contributed by atoms with Gasteiger partial charge in [-0.15, -0.1) is 0 Å². The minimum absolute atomic E-state index is 0.384. The number of hydrogen-bond acceptors (Lipinski definition) is 2. The lowest BCUT2D eigenvalue weighted by molar-refractivity contribution is 0.414. The van der Waals surface area contributed by atoms with Crippen molar-refractivity contribution in [1.29, 1.82) is 0 Å². The molecule has 0 aliphatic heterocycles. The number of guanidine groups is 1. The third-order valence-corrected chi connectivity index (χ3v) is 3.47. The average Bonchev–Trinajstić information content (AvgIpc) is 2.44. The van der Waals surface area contributed by atoms with Crippen LogP contribution in [-0.2, 0) is 6.54 Å². The molecule has 0 heterocycles. The van der Waals surface area contributed by atoms with Gasteiger partial charge in [-0.2, -0.15) is 0 Å². The largest absolute Gasteiger partial charge is 0.497 e. The first kappa shape index (κ1) is 17.3. The monoisotopic (exact) mass is 291 g/mol. The van der Waals surface area contributed by atoms with E-state index >= 15 is 0 Å². The fourth-order valence-corrected chi connectivity index (χ4v) is 1.91. The van der Waals surface area contributed by atoms with Crippen molar-refractivity contribution in [2.45, 2.75) is 47.2 Å². The second kappa shape index (κ2) is 8.55. The predicted octanol–water partition coefficient (Wildman–Crippen LogP) is 3.10. The van der Waals surface area contributed by atoms with E-state index in [-0.39, 0.29) is 0 Å². The number of nitrogens with one attached hydrogen (secondary N) is 2. The summed E-state index contributed by atoms with van der Waals surface area (Å²) in [6.45, 7) is 12.2. The van der Waals surface area contributed by atoms with Crippen molar-refractivity contribution in [3.63, 3.8) is 0 Å². The summed E-state index contributed by atoms with van der Waals surface area (Å²) in [6, 6.07) is 6.58. The Balaban J connectivity index is 2.79. The van der Waals surface area contributed by atoms with E-state index in [2.05, 4.69) is 56.3 Å². The molecule has 1 aromatic rings. The van der Waals surface area contributed by atoms with E-state index in [1.807, 2.05) is 12.1 Å². The Morgan fingerprint density at radius 3 is 2.52 bits per heavy atom. The second-order valence-corrected chi connectivity index (χ2v) is 5.73. The van der Waals surface area contributed by atoms with Crippen LogP contribution in [0.15, 0.2) is 23.2 Å². The van der Waals surface area contributed by atoms with Crippen LogP contribution < -0.4 is 15.4 Å². The normalized spacial score (nSPS) is 13.2. The molecule has 118 valence electrons. The van der Waals surface area contributed by atoms with Gasteiger partial charge < -0.3 is 15.4 Å². The molecule has 1 aromatic carbocycles. The molecule has 0 aliphatic rings. The summed E-state index contributed by atoms with van der Waals surface area (Å²) in [5.74, 6) is 2.31. The number of aliphatic imine (C=N–C) groups is 1. The van der Waals surface area contributed by atoms with Crippen LogP contribution in [0.3, 0.4) is 0 Å². The zero-order chi connectivity index (χ0) is 15.8. The number of rotatable bonds is 6. The number of ether oxygens (including phenoxy) is 1. The number of nitrogens with zero attached hydrogens (tertiary/aromatic N) is 1. The lowest BCUT2D eigenvalue weighted by Gasteiger charge is -2.20. The first-order valence-corrected chi connectivity index (χ1v) is 7.65. The van der Waals surface area contributed by atoms with Gasteiger partial charge in [-0.1, -0.05) is 19.9 Å². The first-order valence-electron chi connectivity index (χ1n) is 7.65. The van der Waals surface area contributed by atoms with Gasteiger partial charge in [0.1, 0.15) is 5.75 Å². The molecule has 1 rings (SSSR count). The molecule has 0 aliphatic carbocycles. The Hall–Kier alpha value is -1.71. The summed E-state index contributed by atoms with van der Waals surface area (Å²) in [7, 11) is 1.69. The van der Waals surface area contributed by atoms with E-state index in [9.17, 15) is 0 Å². The molecule has 0 bridgehead atoms. The fourth-order valence-electron chi connectivity index (χ4n) is 1.91. The number of hydrogen-bond donors (Lipinski definition) is 2. The molecule has 1 atom stereocenters. The minimum Gasteiger partial charge on any atom is -0.497 e. The van der Waals surface area contributed by atoms with Crippen molar-refractivity contribution in [3.8, 4) is 5.75 Å². The van der Waals surface area contributed by atoms with Crippen molar-refractivity contribution in [3.05, 3.63) is 29.3 Å². The van der Waals surface area contributed by atoms with Gasteiger partial charge in [0.05, 0.1) is 13.7 Å². The van der Waals surface area contributed by atoms with E-state index in [1.165, 1.54) is 5.56 Å². The average molecular weight is 291 g/mol. The maximum Gasteiger partial charge on any atom is 0.191 e. The number of methoxy groups -OCH3 is 1. The SMILES string of the molecule is CCNC(=NCc1cc(C)cc(OC)c1)NC(C)C(C)C. The van der Waals surface area contributed by atoms with Gasteiger partial charge in [0.2, 0.25) is 0 Å². The summed E-state index contributed by atoms with van der Waals surface area (Å²) < 4.78 is 5.31. The minimum atomic E-state index is 0.384. The summed E-state index contributed by atoms with van der Waals surface area (Å²) in [4.78, 5) is 4.66. The topological polar surface area (TPSA) is 45.7 Å². The van der Waals surface area contributed by atoms with E-state index in [1.54, 1.807) is 7.11 Å². The molecule has 4 nitrogen and oxygen atoms in total. The lowest BCUT2D eigenvalue weighted by atomic mass is 10.1. The van der Waals surface area contributed by atoms with Gasteiger partial charge >= 0.3 is 0 Å². The molecule has 0 aromatic heterocycles. The molecule has 0 saturated carbocycles. The maximum atomic E-state index is 5.31. The summed E-state index contributed by atoms with van der Waals surface area (Å²) >= 11 is 0.